The van der Waals surface area contributed by atoms with Crippen LogP contribution in [0.5, 0.6) is 0 Å². The molecule has 8 nitrogen and oxygen atoms in total. The van der Waals surface area contributed by atoms with Gasteiger partial charge in [0.05, 0.1) is 11.1 Å². The summed E-state index contributed by atoms with van der Waals surface area (Å²) in [6, 6.07) is 0. The van der Waals surface area contributed by atoms with Gasteiger partial charge in [0.25, 0.3) is 0 Å². The Hall–Kier alpha value is -2.68. The van der Waals surface area contributed by atoms with Crippen LogP contribution >= 0.6 is 0 Å². The molecule has 2 aliphatic rings. The number of nitrogens with zero attached hydrogens (tertiary/aromatic N) is 4. The number of halogens is 1. The van der Waals surface area contributed by atoms with E-state index < -0.39 is 22.8 Å². The lowest BCUT2D eigenvalue weighted by atomic mass is 9.86. The van der Waals surface area contributed by atoms with Crippen molar-refractivity contribution < 1.29 is 14.3 Å². The van der Waals surface area contributed by atoms with Gasteiger partial charge in [-0.2, -0.15) is 0 Å². The fraction of sp³-hybridized carbons (Fsp3) is 0.526. The molecule has 1 spiro atoms. The average Bonchev–Trinajstić information content (AvgIpc) is 3.23. The van der Waals surface area contributed by atoms with Gasteiger partial charge >= 0.3 is 5.97 Å². The van der Waals surface area contributed by atoms with Gasteiger partial charge in [-0.15, -0.1) is 0 Å². The second-order valence-electron chi connectivity index (χ2n) is 7.98. The van der Waals surface area contributed by atoms with Gasteiger partial charge in [-0.25, -0.2) is 14.2 Å². The SMILES string of the molecule is CCn1cc(C(=O)O)c(=O)c2c(N)c(F)c(N3CCC4(CCN(C)C4)C3)nc21. The molecule has 2 aliphatic heterocycles. The zero-order chi connectivity index (χ0) is 20.2. The van der Waals surface area contributed by atoms with Crippen molar-refractivity contribution in [2.24, 2.45) is 5.41 Å². The predicted molar refractivity (Wildman–Crippen MR) is 104 cm³/mol. The molecule has 0 aliphatic carbocycles. The zero-order valence-electron chi connectivity index (χ0n) is 16.0. The fourth-order valence-electron chi connectivity index (χ4n) is 4.61. The van der Waals surface area contributed by atoms with Crippen LogP contribution in [0, 0.1) is 11.2 Å². The maximum absolute atomic E-state index is 15.1. The molecule has 0 radical (unpaired) electrons. The van der Waals surface area contributed by atoms with Gasteiger partial charge in [0.15, 0.2) is 11.6 Å². The Bertz CT molecular complexity index is 1040. The maximum Gasteiger partial charge on any atom is 0.341 e. The highest BCUT2D eigenvalue weighted by Crippen LogP contribution is 2.41. The van der Waals surface area contributed by atoms with E-state index >= 15 is 4.39 Å². The minimum atomic E-state index is -1.37. The van der Waals surface area contributed by atoms with Gasteiger partial charge in [0.2, 0.25) is 5.43 Å². The van der Waals surface area contributed by atoms with E-state index in [0.717, 1.165) is 25.9 Å². The number of carboxylic acids is 1. The van der Waals surface area contributed by atoms with Gasteiger partial charge in [0, 0.05) is 37.8 Å². The van der Waals surface area contributed by atoms with E-state index in [0.29, 0.717) is 19.6 Å². The number of nitrogen functional groups attached to an aromatic ring is 1. The van der Waals surface area contributed by atoms with Crippen LogP contribution in [0.4, 0.5) is 15.9 Å². The van der Waals surface area contributed by atoms with E-state index in [-0.39, 0.29) is 28.0 Å². The van der Waals surface area contributed by atoms with Gasteiger partial charge in [-0.05, 0) is 33.4 Å². The number of anilines is 2. The first-order valence-corrected chi connectivity index (χ1v) is 9.45. The first kappa shape index (κ1) is 18.7. The van der Waals surface area contributed by atoms with Crippen molar-refractivity contribution >= 4 is 28.5 Å². The number of pyridine rings is 2. The summed E-state index contributed by atoms with van der Waals surface area (Å²) in [6.45, 7) is 5.54. The van der Waals surface area contributed by atoms with E-state index in [4.69, 9.17) is 5.73 Å². The normalized spacial score (nSPS) is 22.6. The van der Waals surface area contributed by atoms with Crippen LogP contribution in [0.3, 0.4) is 0 Å². The number of likely N-dealkylation sites (tertiary alicyclic amines) is 1. The Morgan fingerprint density at radius 1 is 1.36 bits per heavy atom. The summed E-state index contributed by atoms with van der Waals surface area (Å²) in [5, 5.41) is 9.12. The minimum Gasteiger partial charge on any atom is -0.477 e. The van der Waals surface area contributed by atoms with Crippen LogP contribution in [0.1, 0.15) is 30.1 Å². The van der Waals surface area contributed by atoms with Crippen molar-refractivity contribution in [2.45, 2.75) is 26.3 Å². The molecule has 3 N–H and O–H groups in total. The molecule has 9 heteroatoms. The Balaban J connectivity index is 1.86. The van der Waals surface area contributed by atoms with E-state index in [1.54, 1.807) is 6.92 Å². The highest BCUT2D eigenvalue weighted by molar-refractivity contribution is 5.97. The monoisotopic (exact) mass is 389 g/mol. The molecular weight excluding hydrogens is 365 g/mol. The van der Waals surface area contributed by atoms with Gasteiger partial charge in [-0.1, -0.05) is 0 Å². The van der Waals surface area contributed by atoms with Crippen LogP contribution in [0.15, 0.2) is 11.0 Å². The molecule has 150 valence electrons. The van der Waals surface area contributed by atoms with Crippen LogP contribution in [0.2, 0.25) is 0 Å². The summed E-state index contributed by atoms with van der Waals surface area (Å²) in [7, 11) is 2.09. The topological polar surface area (TPSA) is 105 Å². The van der Waals surface area contributed by atoms with Crippen molar-refractivity contribution in [1.82, 2.24) is 14.5 Å². The van der Waals surface area contributed by atoms with Crippen molar-refractivity contribution in [3.8, 4) is 0 Å². The molecule has 1 unspecified atom stereocenters. The third-order valence-corrected chi connectivity index (χ3v) is 6.10. The molecule has 0 bridgehead atoms. The summed E-state index contributed by atoms with van der Waals surface area (Å²) >= 11 is 0. The average molecular weight is 389 g/mol. The number of aryl methyl sites for hydroxylation is 1. The second-order valence-corrected chi connectivity index (χ2v) is 7.98. The van der Waals surface area contributed by atoms with Crippen LogP contribution in [-0.4, -0.2) is 58.8 Å². The van der Waals surface area contributed by atoms with Crippen LogP contribution in [0.25, 0.3) is 11.0 Å². The van der Waals surface area contributed by atoms with E-state index in [1.165, 1.54) is 10.8 Å². The maximum atomic E-state index is 15.1. The highest BCUT2D eigenvalue weighted by atomic mass is 19.1. The number of carbonyl (C=O) groups is 1. The molecule has 28 heavy (non-hydrogen) atoms. The van der Waals surface area contributed by atoms with E-state index in [1.807, 2.05) is 4.90 Å². The van der Waals surface area contributed by atoms with Crippen LogP contribution in [-0.2, 0) is 6.54 Å². The number of rotatable bonds is 3. The van der Waals surface area contributed by atoms with Gasteiger partial charge in [0.1, 0.15) is 11.2 Å². The third kappa shape index (κ3) is 2.72. The molecule has 2 aromatic rings. The second kappa shape index (κ2) is 6.44. The smallest absolute Gasteiger partial charge is 0.341 e. The molecule has 2 aromatic heterocycles. The Kier molecular flexibility index (Phi) is 4.29. The van der Waals surface area contributed by atoms with Gasteiger partial charge in [-0.3, -0.25) is 4.79 Å². The number of carboxylic acid groups (broad SMARTS) is 1. The minimum absolute atomic E-state index is 0.129. The molecule has 4 rings (SSSR count). The number of aromatic nitrogens is 2. The quantitative estimate of drug-likeness (QED) is 0.817. The molecule has 0 saturated carbocycles. The van der Waals surface area contributed by atoms with E-state index in [2.05, 4.69) is 16.9 Å². The molecule has 0 aromatic carbocycles. The van der Waals surface area contributed by atoms with Crippen molar-refractivity contribution in [3.63, 3.8) is 0 Å². The Morgan fingerprint density at radius 3 is 2.68 bits per heavy atom. The van der Waals surface area contributed by atoms with E-state index in [9.17, 15) is 14.7 Å². The van der Waals surface area contributed by atoms with Gasteiger partial charge < -0.3 is 25.2 Å². The number of aromatic carboxylic acids is 1. The molecule has 4 heterocycles. The Morgan fingerprint density at radius 2 is 2.07 bits per heavy atom. The van der Waals surface area contributed by atoms with Crippen molar-refractivity contribution in [3.05, 3.63) is 27.8 Å². The largest absolute Gasteiger partial charge is 0.477 e. The molecule has 2 saturated heterocycles. The standard InChI is InChI=1S/C19H24FN5O3/c1-3-24-8-11(18(27)28)15(26)12-14(21)13(20)17(22-16(12)24)25-7-5-19(10-25)4-6-23(2)9-19/h8H,3-7,9-10H2,1-2H3,(H2,21,22)(H,27,28). The number of nitrogens with two attached hydrogens (primary N) is 1. The number of hydrogen-bond donors (Lipinski definition) is 2. The highest BCUT2D eigenvalue weighted by Gasteiger charge is 2.43. The number of fused-ring (bicyclic) bond motifs is 1. The molecule has 1 atom stereocenters. The molecule has 0 amide bonds. The first-order valence-electron chi connectivity index (χ1n) is 9.45. The van der Waals surface area contributed by atoms with Crippen molar-refractivity contribution in [2.75, 3.05) is 43.9 Å². The summed E-state index contributed by atoms with van der Waals surface area (Å²) in [5.74, 6) is -1.98. The van der Waals surface area contributed by atoms with Crippen molar-refractivity contribution in [1.29, 1.82) is 0 Å². The third-order valence-electron chi connectivity index (χ3n) is 6.10. The number of hydrogen-bond acceptors (Lipinski definition) is 6. The lowest BCUT2D eigenvalue weighted by Gasteiger charge is -2.25. The fourth-order valence-corrected chi connectivity index (χ4v) is 4.61. The Labute approximate surface area is 161 Å². The zero-order valence-corrected chi connectivity index (χ0v) is 16.0. The summed E-state index contributed by atoms with van der Waals surface area (Å²) < 4.78 is 16.7. The summed E-state index contributed by atoms with van der Waals surface area (Å²) in [6.07, 6.45) is 3.26. The lowest BCUT2D eigenvalue weighted by Crippen LogP contribution is -2.31. The molecule has 2 fully saturated rings. The molecular formula is C19H24FN5O3. The van der Waals surface area contributed by atoms with Crippen LogP contribution < -0.4 is 16.1 Å². The lowest BCUT2D eigenvalue weighted by molar-refractivity contribution is 0.0695. The first-order chi connectivity index (χ1) is 13.3. The summed E-state index contributed by atoms with van der Waals surface area (Å²) in [4.78, 5) is 32.6. The summed E-state index contributed by atoms with van der Waals surface area (Å²) in [5.41, 5.74) is 4.76. The predicted octanol–water partition coefficient (Wildman–Crippen LogP) is 1.37.